The molecular formula is C16H14N4O. The van der Waals surface area contributed by atoms with Gasteiger partial charge in [0.25, 0.3) is 5.91 Å². The molecule has 21 heavy (non-hydrogen) atoms. The molecule has 0 atom stereocenters. The number of hydrogen-bond donors (Lipinski definition) is 2. The maximum absolute atomic E-state index is 11.8. The van der Waals surface area contributed by atoms with Crippen LogP contribution in [0.1, 0.15) is 5.56 Å². The Labute approximate surface area is 122 Å². The van der Waals surface area contributed by atoms with E-state index in [-0.39, 0.29) is 5.57 Å². The van der Waals surface area contributed by atoms with Crippen LogP contribution in [0.5, 0.6) is 0 Å². The molecule has 2 rings (SSSR count). The molecule has 5 nitrogen and oxygen atoms in total. The quantitative estimate of drug-likeness (QED) is 0.500. The van der Waals surface area contributed by atoms with Crippen LogP contribution in [0.25, 0.3) is 17.3 Å². The van der Waals surface area contributed by atoms with Crippen LogP contribution in [0, 0.1) is 11.3 Å². The van der Waals surface area contributed by atoms with Crippen LogP contribution in [-0.4, -0.2) is 22.6 Å². The molecular weight excluding hydrogens is 264 g/mol. The molecule has 1 heterocycles. The zero-order valence-corrected chi connectivity index (χ0v) is 11.3. The minimum atomic E-state index is -0.433. The van der Waals surface area contributed by atoms with Gasteiger partial charge in [-0.25, -0.2) is 0 Å². The molecule has 0 radical (unpaired) electrons. The van der Waals surface area contributed by atoms with Gasteiger partial charge >= 0.3 is 0 Å². The molecule has 5 heteroatoms. The number of H-pyrrole nitrogens is 1. The molecule has 1 aromatic carbocycles. The van der Waals surface area contributed by atoms with Crippen LogP contribution < -0.4 is 5.32 Å². The molecule has 0 spiro atoms. The minimum Gasteiger partial charge on any atom is -0.348 e. The van der Waals surface area contributed by atoms with Crippen molar-refractivity contribution in [2.45, 2.75) is 0 Å². The van der Waals surface area contributed by atoms with Crippen molar-refractivity contribution >= 4 is 12.0 Å². The fraction of sp³-hybridized carbons (Fsp3) is 0.0625. The van der Waals surface area contributed by atoms with E-state index in [0.717, 1.165) is 11.3 Å². The van der Waals surface area contributed by atoms with E-state index in [9.17, 15) is 4.79 Å². The van der Waals surface area contributed by atoms with Crippen molar-refractivity contribution in [2.24, 2.45) is 0 Å². The highest BCUT2D eigenvalue weighted by atomic mass is 16.1. The number of amides is 1. The average molecular weight is 278 g/mol. The third-order valence-corrected chi connectivity index (χ3v) is 2.80. The topological polar surface area (TPSA) is 81.6 Å². The highest BCUT2D eigenvalue weighted by molar-refractivity contribution is 6.02. The summed E-state index contributed by atoms with van der Waals surface area (Å²) in [5.74, 6) is -0.433. The Morgan fingerprint density at radius 3 is 2.86 bits per heavy atom. The lowest BCUT2D eigenvalue weighted by Gasteiger charge is -2.02. The number of nitrogens with zero attached hydrogens (tertiary/aromatic N) is 2. The number of benzene rings is 1. The van der Waals surface area contributed by atoms with Crippen molar-refractivity contribution in [2.75, 3.05) is 6.54 Å². The molecule has 0 aliphatic carbocycles. The van der Waals surface area contributed by atoms with E-state index in [1.165, 1.54) is 6.08 Å². The summed E-state index contributed by atoms with van der Waals surface area (Å²) in [5.41, 5.74) is 2.41. The molecule has 0 saturated carbocycles. The van der Waals surface area contributed by atoms with Gasteiger partial charge in [-0.05, 0) is 6.08 Å². The predicted molar refractivity (Wildman–Crippen MR) is 80.8 cm³/mol. The van der Waals surface area contributed by atoms with Crippen molar-refractivity contribution in [3.8, 4) is 17.3 Å². The number of carbonyl (C=O) groups excluding carboxylic acids is 1. The third-order valence-electron chi connectivity index (χ3n) is 2.80. The number of carbonyl (C=O) groups is 1. The maximum atomic E-state index is 11.8. The van der Waals surface area contributed by atoms with Crippen molar-refractivity contribution in [1.82, 2.24) is 15.5 Å². The van der Waals surface area contributed by atoms with Crippen LogP contribution in [-0.2, 0) is 4.79 Å². The van der Waals surface area contributed by atoms with Crippen molar-refractivity contribution in [3.05, 3.63) is 60.3 Å². The van der Waals surface area contributed by atoms with Gasteiger partial charge in [0.2, 0.25) is 0 Å². The van der Waals surface area contributed by atoms with E-state index in [1.54, 1.807) is 12.3 Å². The summed E-state index contributed by atoms with van der Waals surface area (Å²) in [4.78, 5) is 11.8. The van der Waals surface area contributed by atoms with Crippen LogP contribution in [0.3, 0.4) is 0 Å². The number of aromatic amines is 1. The number of nitriles is 1. The van der Waals surface area contributed by atoms with E-state index in [0.29, 0.717) is 12.1 Å². The van der Waals surface area contributed by atoms with Gasteiger partial charge in [0, 0.05) is 17.7 Å². The first-order chi connectivity index (χ1) is 10.3. The fourth-order valence-electron chi connectivity index (χ4n) is 1.81. The highest BCUT2D eigenvalue weighted by Gasteiger charge is 2.11. The van der Waals surface area contributed by atoms with Crippen LogP contribution in [0.2, 0.25) is 0 Å². The fourth-order valence-corrected chi connectivity index (χ4v) is 1.81. The standard InChI is InChI=1S/C16H14N4O/c1-2-8-18-16(21)13(10-17)9-14-11-19-20-15(14)12-6-4-3-5-7-12/h2-7,9,11H,1,8H2,(H,18,21)(H,19,20). The van der Waals surface area contributed by atoms with Gasteiger partial charge in [0.05, 0.1) is 11.9 Å². The first-order valence-electron chi connectivity index (χ1n) is 6.36. The normalized spacial score (nSPS) is 10.7. The van der Waals surface area contributed by atoms with E-state index in [1.807, 2.05) is 36.4 Å². The zero-order valence-electron chi connectivity index (χ0n) is 11.3. The van der Waals surface area contributed by atoms with Gasteiger partial charge in [-0.3, -0.25) is 9.89 Å². The van der Waals surface area contributed by atoms with Gasteiger partial charge < -0.3 is 5.32 Å². The summed E-state index contributed by atoms with van der Waals surface area (Å²) < 4.78 is 0. The van der Waals surface area contributed by atoms with Crippen LogP contribution >= 0.6 is 0 Å². The Morgan fingerprint density at radius 1 is 1.43 bits per heavy atom. The number of aromatic nitrogens is 2. The molecule has 2 aromatic rings. The Morgan fingerprint density at radius 2 is 2.19 bits per heavy atom. The lowest BCUT2D eigenvalue weighted by atomic mass is 10.1. The van der Waals surface area contributed by atoms with Gasteiger partial charge in [-0.2, -0.15) is 10.4 Å². The summed E-state index contributed by atoms with van der Waals surface area (Å²) in [5, 5.41) is 18.6. The Bertz CT molecular complexity index is 707. The van der Waals surface area contributed by atoms with Crippen LogP contribution in [0.4, 0.5) is 0 Å². The zero-order chi connectivity index (χ0) is 15.1. The largest absolute Gasteiger partial charge is 0.348 e. The summed E-state index contributed by atoms with van der Waals surface area (Å²) in [6.07, 6.45) is 4.66. The molecule has 2 N–H and O–H groups in total. The second-order valence-electron chi connectivity index (χ2n) is 4.23. The second kappa shape index (κ2) is 6.87. The third kappa shape index (κ3) is 3.45. The molecule has 1 amide bonds. The van der Waals surface area contributed by atoms with Crippen molar-refractivity contribution < 1.29 is 4.79 Å². The SMILES string of the molecule is C=CCNC(=O)C(C#N)=Cc1cn[nH]c1-c1ccccc1. The van der Waals surface area contributed by atoms with Gasteiger partial charge in [-0.1, -0.05) is 36.4 Å². The van der Waals surface area contributed by atoms with E-state index in [2.05, 4.69) is 22.1 Å². The van der Waals surface area contributed by atoms with Crippen molar-refractivity contribution in [3.63, 3.8) is 0 Å². The predicted octanol–water partition coefficient (Wildman–Crippen LogP) is 2.29. The van der Waals surface area contributed by atoms with E-state index < -0.39 is 5.91 Å². The Balaban J connectivity index is 2.33. The minimum absolute atomic E-state index is 0.0235. The molecule has 0 bridgehead atoms. The van der Waals surface area contributed by atoms with Gasteiger partial charge in [0.1, 0.15) is 11.6 Å². The average Bonchev–Trinajstić information content (AvgIpc) is 2.99. The van der Waals surface area contributed by atoms with Crippen molar-refractivity contribution in [1.29, 1.82) is 5.26 Å². The summed E-state index contributed by atoms with van der Waals surface area (Å²) in [7, 11) is 0. The Kier molecular flexibility index (Phi) is 4.67. The monoisotopic (exact) mass is 278 g/mol. The first-order valence-corrected chi connectivity index (χ1v) is 6.36. The van der Waals surface area contributed by atoms with E-state index >= 15 is 0 Å². The number of hydrogen-bond acceptors (Lipinski definition) is 3. The summed E-state index contributed by atoms with van der Waals surface area (Å²) in [6.45, 7) is 3.83. The number of rotatable bonds is 5. The number of nitrogens with one attached hydrogen (secondary N) is 2. The van der Waals surface area contributed by atoms with E-state index in [4.69, 9.17) is 5.26 Å². The molecule has 0 fully saturated rings. The smallest absolute Gasteiger partial charge is 0.262 e. The lowest BCUT2D eigenvalue weighted by molar-refractivity contribution is -0.116. The summed E-state index contributed by atoms with van der Waals surface area (Å²) >= 11 is 0. The van der Waals surface area contributed by atoms with Crippen LogP contribution in [0.15, 0.2) is 54.8 Å². The first kappa shape index (κ1) is 14.3. The Hall–Kier alpha value is -3.13. The second-order valence-corrected chi connectivity index (χ2v) is 4.23. The highest BCUT2D eigenvalue weighted by Crippen LogP contribution is 2.22. The molecule has 0 unspecified atom stereocenters. The molecule has 104 valence electrons. The van der Waals surface area contributed by atoms with Gasteiger partial charge in [-0.15, -0.1) is 6.58 Å². The lowest BCUT2D eigenvalue weighted by Crippen LogP contribution is -2.24. The maximum Gasteiger partial charge on any atom is 0.262 e. The summed E-state index contributed by atoms with van der Waals surface area (Å²) in [6, 6.07) is 11.5. The molecule has 0 saturated heterocycles. The molecule has 0 aliphatic heterocycles. The van der Waals surface area contributed by atoms with Gasteiger partial charge in [0.15, 0.2) is 0 Å². The molecule has 1 aromatic heterocycles. The molecule has 0 aliphatic rings.